The van der Waals surface area contributed by atoms with Crippen LogP contribution >= 0.6 is 11.6 Å². The highest BCUT2D eigenvalue weighted by atomic mass is 35.5. The molecule has 6 nitrogen and oxygen atoms in total. The van der Waals surface area contributed by atoms with Crippen molar-refractivity contribution in [2.45, 2.75) is 43.1 Å². The topological polar surface area (TPSA) is 78.1 Å². The molecule has 3 aromatic carbocycles. The van der Waals surface area contributed by atoms with Crippen molar-refractivity contribution < 1.29 is 9.59 Å². The van der Waals surface area contributed by atoms with Gasteiger partial charge in [-0.3, -0.25) is 14.7 Å². The summed E-state index contributed by atoms with van der Waals surface area (Å²) in [5, 5.41) is 10.8. The molecular formula is C30H25ClN4O2. The Morgan fingerprint density at radius 3 is 2.68 bits per heavy atom. The number of halogens is 1. The first kappa shape index (κ1) is 22.3. The average molecular weight is 509 g/mol. The fourth-order valence-electron chi connectivity index (χ4n) is 5.79. The summed E-state index contributed by atoms with van der Waals surface area (Å²) in [7, 11) is 0. The fraction of sp³-hybridized carbons (Fsp3) is 0.233. The van der Waals surface area contributed by atoms with Gasteiger partial charge in [0.2, 0.25) is 5.91 Å². The van der Waals surface area contributed by atoms with E-state index in [1.165, 1.54) is 0 Å². The summed E-state index contributed by atoms with van der Waals surface area (Å²) < 4.78 is 0. The molecule has 37 heavy (non-hydrogen) atoms. The van der Waals surface area contributed by atoms with Gasteiger partial charge in [0.25, 0.3) is 5.91 Å². The van der Waals surface area contributed by atoms with E-state index in [9.17, 15) is 9.59 Å². The third-order valence-electron chi connectivity index (χ3n) is 7.92. The molecule has 2 saturated carbocycles. The number of fused-ring (bicyclic) bond motifs is 2. The van der Waals surface area contributed by atoms with Gasteiger partial charge in [-0.2, -0.15) is 5.10 Å². The van der Waals surface area contributed by atoms with Crippen LogP contribution in [0.4, 0.5) is 11.5 Å². The van der Waals surface area contributed by atoms with Crippen LogP contribution in [-0.4, -0.2) is 22.0 Å². The monoisotopic (exact) mass is 508 g/mol. The second-order valence-corrected chi connectivity index (χ2v) is 10.8. The number of hydrogen-bond acceptors (Lipinski definition) is 3. The first-order valence-corrected chi connectivity index (χ1v) is 13.0. The minimum Gasteiger partial charge on any atom is -0.307 e. The number of rotatable bonds is 6. The number of benzene rings is 3. The first-order chi connectivity index (χ1) is 18.0. The lowest BCUT2D eigenvalue weighted by molar-refractivity contribution is -0.120. The van der Waals surface area contributed by atoms with E-state index < -0.39 is 5.41 Å². The second-order valence-electron chi connectivity index (χ2n) is 10.3. The Labute approximate surface area is 219 Å². The third-order valence-corrected chi connectivity index (χ3v) is 8.17. The van der Waals surface area contributed by atoms with Crippen molar-refractivity contribution in [1.29, 1.82) is 0 Å². The number of aromatic nitrogens is 2. The van der Waals surface area contributed by atoms with Crippen molar-refractivity contribution in [3.05, 3.63) is 112 Å². The molecule has 2 atom stereocenters. The van der Waals surface area contributed by atoms with Gasteiger partial charge in [-0.05, 0) is 66.3 Å². The summed E-state index contributed by atoms with van der Waals surface area (Å²) in [6.07, 6.45) is 3.12. The number of carbonyl (C=O) groups is 2. The molecule has 7 heteroatoms. The molecule has 1 aliphatic heterocycles. The van der Waals surface area contributed by atoms with Gasteiger partial charge < -0.3 is 10.2 Å². The number of H-pyrrole nitrogens is 1. The molecule has 2 N–H and O–H groups in total. The molecule has 0 unspecified atom stereocenters. The Kier molecular flexibility index (Phi) is 5.01. The van der Waals surface area contributed by atoms with E-state index in [1.54, 1.807) is 6.07 Å². The molecule has 2 amide bonds. The Morgan fingerprint density at radius 2 is 1.86 bits per heavy atom. The van der Waals surface area contributed by atoms with Gasteiger partial charge in [0.1, 0.15) is 0 Å². The van der Waals surface area contributed by atoms with E-state index in [2.05, 4.69) is 21.6 Å². The molecule has 0 saturated heterocycles. The Balaban J connectivity index is 1.13. The van der Waals surface area contributed by atoms with Crippen molar-refractivity contribution >= 4 is 34.9 Å². The minimum absolute atomic E-state index is 0.118. The maximum atomic E-state index is 13.9. The number of nitrogens with zero attached hydrogens (tertiary/aromatic N) is 2. The molecule has 1 spiro atoms. The van der Waals surface area contributed by atoms with Gasteiger partial charge in [0.05, 0.1) is 12.0 Å². The summed E-state index contributed by atoms with van der Waals surface area (Å²) in [5.41, 5.74) is 5.14. The van der Waals surface area contributed by atoms with Crippen LogP contribution in [0.1, 0.15) is 63.8 Å². The maximum absolute atomic E-state index is 13.9. The summed E-state index contributed by atoms with van der Waals surface area (Å²) in [6, 6.07) is 25.3. The van der Waals surface area contributed by atoms with Gasteiger partial charge in [-0.15, -0.1) is 0 Å². The lowest BCUT2D eigenvalue weighted by Gasteiger charge is -2.19. The lowest BCUT2D eigenvalue weighted by Crippen LogP contribution is -2.32. The molecule has 184 valence electrons. The predicted molar refractivity (Wildman–Crippen MR) is 143 cm³/mol. The fourth-order valence-corrected chi connectivity index (χ4v) is 5.92. The number of nitrogens with one attached hydrogen (secondary N) is 2. The number of amides is 2. The molecule has 3 aliphatic rings. The van der Waals surface area contributed by atoms with Crippen LogP contribution in [0.5, 0.6) is 0 Å². The van der Waals surface area contributed by atoms with Crippen LogP contribution in [0, 0.1) is 0 Å². The quantitative estimate of drug-likeness (QED) is 0.327. The zero-order valence-electron chi connectivity index (χ0n) is 20.1. The van der Waals surface area contributed by atoms with Crippen molar-refractivity contribution in [3.63, 3.8) is 0 Å². The molecule has 2 heterocycles. The Hall–Kier alpha value is -3.90. The molecule has 2 aliphatic carbocycles. The van der Waals surface area contributed by atoms with E-state index in [1.807, 2.05) is 71.6 Å². The minimum atomic E-state index is -0.529. The van der Waals surface area contributed by atoms with Crippen molar-refractivity contribution in [3.8, 4) is 0 Å². The smallest absolute Gasteiger partial charge is 0.256 e. The van der Waals surface area contributed by atoms with Crippen LogP contribution in [-0.2, 0) is 16.8 Å². The molecule has 2 fully saturated rings. The van der Waals surface area contributed by atoms with Crippen molar-refractivity contribution in [2.24, 2.45) is 0 Å². The predicted octanol–water partition coefficient (Wildman–Crippen LogP) is 6.16. The molecule has 7 rings (SSSR count). The van der Waals surface area contributed by atoms with E-state index in [4.69, 9.17) is 11.6 Å². The van der Waals surface area contributed by atoms with Gasteiger partial charge in [-0.1, -0.05) is 54.1 Å². The van der Waals surface area contributed by atoms with Crippen molar-refractivity contribution in [1.82, 2.24) is 10.2 Å². The normalized spacial score (nSPS) is 21.8. The van der Waals surface area contributed by atoms with Crippen LogP contribution in [0.3, 0.4) is 0 Å². The van der Waals surface area contributed by atoms with Crippen LogP contribution in [0.15, 0.2) is 78.9 Å². The lowest BCUT2D eigenvalue weighted by atomic mass is 9.92. The second kappa shape index (κ2) is 8.32. The first-order valence-electron chi connectivity index (χ1n) is 12.7. The number of anilines is 2. The molecule has 0 bridgehead atoms. The molecule has 4 aromatic rings. The highest BCUT2D eigenvalue weighted by molar-refractivity contribution is 6.30. The molecular weight excluding hydrogens is 484 g/mol. The average Bonchev–Trinajstić information content (AvgIpc) is 3.83. The summed E-state index contributed by atoms with van der Waals surface area (Å²) >= 11 is 6.10. The number of carbonyl (C=O) groups excluding carboxylic acids is 2. The third kappa shape index (κ3) is 3.75. The molecule has 1 aromatic heterocycles. The highest BCUT2D eigenvalue weighted by Gasteiger charge is 2.67. The Bertz CT molecular complexity index is 1540. The standard InChI is InChI=1S/C30H25ClN4O2/c31-22-12-10-19(11-13-22)24-16-30(24)23-6-1-2-7-26(23)35(29(30)37)17-18-4-3-5-21(14-18)28(36)32-27-15-25(33-34-27)20-8-9-20/h1-7,10-15,20,24H,8-9,16-17H2,(H2,32,33,34,36)/t24-,30-/m1/s1. The van der Waals surface area contributed by atoms with E-state index >= 15 is 0 Å². The number of aromatic amines is 1. The SMILES string of the molecule is O=C(Nc1cc(C2CC2)[nH]n1)c1cccc(CN2C(=O)[C@]3(C[C@@H]3c3ccc(Cl)cc3)c3ccccc32)c1. The van der Waals surface area contributed by atoms with Crippen LogP contribution in [0.2, 0.25) is 5.02 Å². The highest BCUT2D eigenvalue weighted by Crippen LogP contribution is 2.66. The molecule has 0 radical (unpaired) electrons. The van der Waals surface area contributed by atoms with Gasteiger partial charge in [-0.25, -0.2) is 0 Å². The van der Waals surface area contributed by atoms with Crippen LogP contribution < -0.4 is 10.2 Å². The maximum Gasteiger partial charge on any atom is 0.256 e. The zero-order valence-corrected chi connectivity index (χ0v) is 20.8. The van der Waals surface area contributed by atoms with Gasteiger partial charge in [0, 0.05) is 39.9 Å². The zero-order chi connectivity index (χ0) is 25.1. The number of hydrogen-bond donors (Lipinski definition) is 2. The van der Waals surface area contributed by atoms with Gasteiger partial charge in [0.15, 0.2) is 5.82 Å². The van der Waals surface area contributed by atoms with E-state index in [0.29, 0.717) is 28.9 Å². The Morgan fingerprint density at radius 1 is 1.05 bits per heavy atom. The summed E-state index contributed by atoms with van der Waals surface area (Å²) in [5.74, 6) is 1.11. The van der Waals surface area contributed by atoms with E-state index in [-0.39, 0.29) is 17.7 Å². The largest absolute Gasteiger partial charge is 0.307 e. The van der Waals surface area contributed by atoms with Crippen LogP contribution in [0.25, 0.3) is 0 Å². The van der Waals surface area contributed by atoms with Crippen molar-refractivity contribution in [2.75, 3.05) is 10.2 Å². The number of para-hydroxylation sites is 1. The van der Waals surface area contributed by atoms with Gasteiger partial charge >= 0.3 is 0 Å². The van der Waals surface area contributed by atoms with E-state index in [0.717, 1.165) is 47.3 Å². The summed E-state index contributed by atoms with van der Waals surface area (Å²) in [6.45, 7) is 0.403. The summed E-state index contributed by atoms with van der Waals surface area (Å²) in [4.78, 5) is 28.7.